The van der Waals surface area contributed by atoms with Gasteiger partial charge in [-0.05, 0) is 25.1 Å². The number of benzene rings is 2. The summed E-state index contributed by atoms with van der Waals surface area (Å²) in [6.45, 7) is 2.00. The highest BCUT2D eigenvalue weighted by Crippen LogP contribution is 2.29. The van der Waals surface area contributed by atoms with Crippen LogP contribution in [-0.2, 0) is 0 Å². The standard InChI is InChI=1S/C19H15N3/c1-14-18-17(12-13-20-14)22(16-10-6-3-7-11-16)19(21-18)15-8-4-2-5-9-15/h2-13H,1H3. The number of hydrogen-bond donors (Lipinski definition) is 0. The summed E-state index contributed by atoms with van der Waals surface area (Å²) in [7, 11) is 0. The second kappa shape index (κ2) is 5.11. The number of fused-ring (bicyclic) bond motifs is 1. The number of imidazole rings is 1. The topological polar surface area (TPSA) is 30.7 Å². The van der Waals surface area contributed by atoms with Gasteiger partial charge < -0.3 is 0 Å². The minimum atomic E-state index is 0.943. The molecule has 0 saturated carbocycles. The SMILES string of the molecule is Cc1nccc2c1nc(-c1ccccc1)n2-c1ccccc1. The number of aromatic nitrogens is 3. The summed E-state index contributed by atoms with van der Waals surface area (Å²) in [6.07, 6.45) is 1.84. The van der Waals surface area contributed by atoms with Crippen molar-refractivity contribution in [2.24, 2.45) is 0 Å². The molecule has 0 spiro atoms. The molecule has 0 fully saturated rings. The Balaban J connectivity index is 2.10. The molecule has 0 aliphatic carbocycles. The van der Waals surface area contributed by atoms with Gasteiger partial charge in [0.1, 0.15) is 11.3 Å². The summed E-state index contributed by atoms with van der Waals surface area (Å²) in [4.78, 5) is 9.23. The molecule has 0 atom stereocenters. The summed E-state index contributed by atoms with van der Waals surface area (Å²) < 4.78 is 2.19. The van der Waals surface area contributed by atoms with E-state index in [0.717, 1.165) is 33.8 Å². The first-order valence-corrected chi connectivity index (χ1v) is 7.29. The van der Waals surface area contributed by atoms with Crippen LogP contribution in [0.1, 0.15) is 5.69 Å². The van der Waals surface area contributed by atoms with Crippen LogP contribution in [0, 0.1) is 6.92 Å². The molecule has 106 valence electrons. The zero-order chi connectivity index (χ0) is 14.9. The van der Waals surface area contributed by atoms with Crippen LogP contribution in [0.4, 0.5) is 0 Å². The number of aryl methyl sites for hydroxylation is 1. The van der Waals surface area contributed by atoms with Crippen LogP contribution in [0.3, 0.4) is 0 Å². The Kier molecular flexibility index (Phi) is 2.97. The van der Waals surface area contributed by atoms with Gasteiger partial charge >= 0.3 is 0 Å². The lowest BCUT2D eigenvalue weighted by molar-refractivity contribution is 1.10. The number of hydrogen-bond acceptors (Lipinski definition) is 2. The normalized spacial score (nSPS) is 11.0. The zero-order valence-corrected chi connectivity index (χ0v) is 12.3. The van der Waals surface area contributed by atoms with E-state index >= 15 is 0 Å². The molecule has 3 nitrogen and oxygen atoms in total. The van der Waals surface area contributed by atoms with Crippen molar-refractivity contribution in [1.29, 1.82) is 0 Å². The Morgan fingerprint density at radius 1 is 0.818 bits per heavy atom. The molecule has 0 radical (unpaired) electrons. The zero-order valence-electron chi connectivity index (χ0n) is 12.3. The van der Waals surface area contributed by atoms with Crippen molar-refractivity contribution in [2.75, 3.05) is 0 Å². The summed E-state index contributed by atoms with van der Waals surface area (Å²) >= 11 is 0. The van der Waals surface area contributed by atoms with Gasteiger partial charge in [0.05, 0.1) is 11.2 Å². The molecule has 0 bridgehead atoms. The van der Waals surface area contributed by atoms with Crippen LogP contribution in [0.5, 0.6) is 0 Å². The van der Waals surface area contributed by atoms with Gasteiger partial charge in [-0.15, -0.1) is 0 Å². The van der Waals surface area contributed by atoms with Crippen molar-refractivity contribution in [3.63, 3.8) is 0 Å². The smallest absolute Gasteiger partial charge is 0.145 e. The Morgan fingerprint density at radius 3 is 2.23 bits per heavy atom. The summed E-state index contributed by atoms with van der Waals surface area (Å²) in [5.74, 6) is 0.943. The van der Waals surface area contributed by atoms with Gasteiger partial charge in [0.2, 0.25) is 0 Å². The average molecular weight is 285 g/mol. The molecule has 2 heterocycles. The van der Waals surface area contributed by atoms with Gasteiger partial charge in [-0.3, -0.25) is 9.55 Å². The molecule has 2 aromatic heterocycles. The fraction of sp³-hybridized carbons (Fsp3) is 0.0526. The van der Waals surface area contributed by atoms with Crippen LogP contribution in [0.15, 0.2) is 72.9 Å². The van der Waals surface area contributed by atoms with Gasteiger partial charge in [0.25, 0.3) is 0 Å². The maximum atomic E-state index is 4.86. The van der Waals surface area contributed by atoms with E-state index in [2.05, 4.69) is 33.8 Å². The lowest BCUT2D eigenvalue weighted by Crippen LogP contribution is -1.97. The van der Waals surface area contributed by atoms with Gasteiger partial charge in [0, 0.05) is 17.4 Å². The van der Waals surface area contributed by atoms with E-state index in [4.69, 9.17) is 4.98 Å². The maximum absolute atomic E-state index is 4.86. The first kappa shape index (κ1) is 12.8. The van der Waals surface area contributed by atoms with Crippen molar-refractivity contribution in [3.8, 4) is 17.1 Å². The summed E-state index contributed by atoms with van der Waals surface area (Å²) in [5, 5.41) is 0. The van der Waals surface area contributed by atoms with Crippen LogP contribution >= 0.6 is 0 Å². The molecule has 4 aromatic rings. The minimum absolute atomic E-state index is 0.943. The molecule has 22 heavy (non-hydrogen) atoms. The van der Waals surface area contributed by atoms with Crippen molar-refractivity contribution in [3.05, 3.63) is 78.6 Å². The predicted molar refractivity (Wildman–Crippen MR) is 89.0 cm³/mol. The van der Waals surface area contributed by atoms with E-state index in [1.54, 1.807) is 0 Å². The highest BCUT2D eigenvalue weighted by molar-refractivity contribution is 5.84. The highest BCUT2D eigenvalue weighted by atomic mass is 15.1. The molecule has 0 unspecified atom stereocenters. The lowest BCUT2D eigenvalue weighted by Gasteiger charge is -2.09. The molecule has 0 aliphatic rings. The fourth-order valence-corrected chi connectivity index (χ4v) is 2.75. The van der Waals surface area contributed by atoms with E-state index in [0.29, 0.717) is 0 Å². The van der Waals surface area contributed by atoms with Crippen molar-refractivity contribution in [2.45, 2.75) is 6.92 Å². The van der Waals surface area contributed by atoms with Crippen molar-refractivity contribution >= 4 is 11.0 Å². The third-order valence-corrected chi connectivity index (χ3v) is 3.80. The molecule has 0 amide bonds. The first-order chi connectivity index (χ1) is 10.8. The van der Waals surface area contributed by atoms with E-state index in [1.165, 1.54) is 0 Å². The van der Waals surface area contributed by atoms with Gasteiger partial charge in [-0.2, -0.15) is 0 Å². The van der Waals surface area contributed by atoms with Crippen molar-refractivity contribution < 1.29 is 0 Å². The third kappa shape index (κ3) is 1.99. The largest absolute Gasteiger partial charge is 0.292 e. The van der Waals surface area contributed by atoms with Gasteiger partial charge in [0.15, 0.2) is 0 Å². The van der Waals surface area contributed by atoms with E-state index in [1.807, 2.05) is 55.6 Å². The molecule has 2 aromatic carbocycles. The number of para-hydroxylation sites is 1. The van der Waals surface area contributed by atoms with Crippen LogP contribution < -0.4 is 0 Å². The van der Waals surface area contributed by atoms with Gasteiger partial charge in [-0.25, -0.2) is 4.98 Å². The fourth-order valence-electron chi connectivity index (χ4n) is 2.75. The molecular weight excluding hydrogens is 270 g/mol. The molecular formula is C19H15N3. The Bertz CT molecular complexity index is 925. The second-order valence-corrected chi connectivity index (χ2v) is 5.24. The molecule has 0 N–H and O–H groups in total. The van der Waals surface area contributed by atoms with E-state index < -0.39 is 0 Å². The monoisotopic (exact) mass is 285 g/mol. The molecule has 4 rings (SSSR count). The van der Waals surface area contributed by atoms with Crippen LogP contribution in [-0.4, -0.2) is 14.5 Å². The average Bonchev–Trinajstić information content (AvgIpc) is 2.97. The number of nitrogens with zero attached hydrogens (tertiary/aromatic N) is 3. The molecule has 0 aliphatic heterocycles. The number of pyridine rings is 1. The Labute approximate surface area is 128 Å². The summed E-state index contributed by atoms with van der Waals surface area (Å²) in [5.41, 5.74) is 5.18. The lowest BCUT2D eigenvalue weighted by atomic mass is 10.2. The first-order valence-electron chi connectivity index (χ1n) is 7.29. The minimum Gasteiger partial charge on any atom is -0.292 e. The van der Waals surface area contributed by atoms with E-state index in [-0.39, 0.29) is 0 Å². The Hall–Kier alpha value is -2.94. The molecule has 3 heteroatoms. The van der Waals surface area contributed by atoms with Gasteiger partial charge in [-0.1, -0.05) is 48.5 Å². The van der Waals surface area contributed by atoms with Crippen molar-refractivity contribution in [1.82, 2.24) is 14.5 Å². The van der Waals surface area contributed by atoms with Crippen LogP contribution in [0.25, 0.3) is 28.1 Å². The highest BCUT2D eigenvalue weighted by Gasteiger charge is 2.15. The molecule has 0 saturated heterocycles. The van der Waals surface area contributed by atoms with E-state index in [9.17, 15) is 0 Å². The summed E-state index contributed by atoms with van der Waals surface area (Å²) in [6, 6.07) is 22.6. The predicted octanol–water partition coefficient (Wildman–Crippen LogP) is 4.40. The van der Waals surface area contributed by atoms with Crippen LogP contribution in [0.2, 0.25) is 0 Å². The number of rotatable bonds is 2. The maximum Gasteiger partial charge on any atom is 0.145 e. The third-order valence-electron chi connectivity index (χ3n) is 3.80. The quantitative estimate of drug-likeness (QED) is 0.546. The Morgan fingerprint density at radius 2 is 1.50 bits per heavy atom. The second-order valence-electron chi connectivity index (χ2n) is 5.24.